The quantitative estimate of drug-likeness (QED) is 0.799. The molecule has 18 heavy (non-hydrogen) atoms. The van der Waals surface area contributed by atoms with Crippen LogP contribution in [0.4, 0.5) is 0 Å². The van der Waals surface area contributed by atoms with Crippen LogP contribution in [0.2, 0.25) is 0 Å². The second-order valence-corrected chi connectivity index (χ2v) is 6.72. The van der Waals surface area contributed by atoms with Gasteiger partial charge in [0.2, 0.25) is 0 Å². The van der Waals surface area contributed by atoms with Gasteiger partial charge < -0.3 is 0 Å². The minimum Gasteiger partial charge on any atom is -0.243 e. The zero-order valence-corrected chi connectivity index (χ0v) is 11.9. The topological polar surface area (TPSA) is 50.3 Å². The number of sulfonamides is 1. The van der Waals surface area contributed by atoms with E-state index < -0.39 is 10.0 Å². The lowest BCUT2D eigenvalue weighted by atomic mass is 10.1. The number of nitrogens with zero attached hydrogens (tertiary/aromatic N) is 2. The van der Waals surface area contributed by atoms with Gasteiger partial charge in [0.15, 0.2) is 5.03 Å². The molecule has 1 fully saturated rings. The number of halogens is 1. The van der Waals surface area contributed by atoms with E-state index in [2.05, 4.69) is 11.9 Å². The highest BCUT2D eigenvalue weighted by molar-refractivity contribution is 7.89. The minimum absolute atomic E-state index is 0.119. The molecule has 2 rings (SSSR count). The Hall–Kier alpha value is -0.650. The van der Waals surface area contributed by atoms with Crippen molar-refractivity contribution in [1.82, 2.24) is 9.29 Å². The Morgan fingerprint density at radius 1 is 1.50 bits per heavy atom. The van der Waals surface area contributed by atoms with Gasteiger partial charge in [-0.1, -0.05) is 19.4 Å². The monoisotopic (exact) mass is 288 g/mol. The summed E-state index contributed by atoms with van der Waals surface area (Å²) in [5, 5.41) is 0.119. The molecule has 100 valence electrons. The minimum atomic E-state index is -3.43. The first-order valence-corrected chi connectivity index (χ1v) is 8.06. The fourth-order valence-corrected chi connectivity index (χ4v) is 3.72. The van der Waals surface area contributed by atoms with Gasteiger partial charge in [-0.3, -0.25) is 0 Å². The molecule has 0 bridgehead atoms. The first kappa shape index (κ1) is 13.8. The van der Waals surface area contributed by atoms with E-state index in [0.717, 1.165) is 18.4 Å². The lowest BCUT2D eigenvalue weighted by Crippen LogP contribution is -2.29. The van der Waals surface area contributed by atoms with E-state index in [1.54, 1.807) is 6.07 Å². The lowest BCUT2D eigenvalue weighted by Gasteiger charge is -2.15. The normalized spacial score (nSPS) is 21.3. The molecule has 6 heteroatoms. The van der Waals surface area contributed by atoms with Crippen molar-refractivity contribution in [3.63, 3.8) is 0 Å². The van der Waals surface area contributed by atoms with Gasteiger partial charge in [0.1, 0.15) is 0 Å². The second-order valence-electron chi connectivity index (χ2n) is 4.56. The molecule has 0 aliphatic carbocycles. The molecule has 1 atom stereocenters. The van der Waals surface area contributed by atoms with Crippen molar-refractivity contribution in [3.05, 3.63) is 23.9 Å². The van der Waals surface area contributed by atoms with E-state index in [1.807, 2.05) is 0 Å². The van der Waals surface area contributed by atoms with Crippen LogP contribution in [0.1, 0.15) is 25.3 Å². The van der Waals surface area contributed by atoms with Gasteiger partial charge in [-0.2, -0.15) is 4.31 Å². The molecule has 1 aliphatic heterocycles. The van der Waals surface area contributed by atoms with E-state index in [4.69, 9.17) is 11.6 Å². The lowest BCUT2D eigenvalue weighted by molar-refractivity contribution is 0.450. The summed E-state index contributed by atoms with van der Waals surface area (Å²) in [6.45, 7) is 3.30. The SMILES string of the molecule is CCC1CCN(S(=O)(=O)c2ccc(CCl)cn2)C1. The summed E-state index contributed by atoms with van der Waals surface area (Å²) < 4.78 is 26.2. The third-order valence-corrected chi connectivity index (χ3v) is 5.47. The molecule has 1 aromatic rings. The highest BCUT2D eigenvalue weighted by atomic mass is 35.5. The molecule has 0 aromatic carbocycles. The molecular weight excluding hydrogens is 272 g/mol. The van der Waals surface area contributed by atoms with Crippen LogP contribution >= 0.6 is 11.6 Å². The maximum atomic E-state index is 12.3. The standard InChI is InChI=1S/C12H17ClN2O2S/c1-2-10-5-6-15(9-10)18(16,17)12-4-3-11(7-13)8-14-12/h3-4,8,10H,2,5-7,9H2,1H3. The molecule has 1 unspecified atom stereocenters. The number of hydrogen-bond donors (Lipinski definition) is 0. The van der Waals surface area contributed by atoms with Crippen LogP contribution < -0.4 is 0 Å². The molecule has 4 nitrogen and oxygen atoms in total. The second kappa shape index (κ2) is 5.55. The smallest absolute Gasteiger partial charge is 0.243 e. The summed E-state index contributed by atoms with van der Waals surface area (Å²) in [7, 11) is -3.43. The van der Waals surface area contributed by atoms with Gasteiger partial charge in [-0.15, -0.1) is 11.6 Å². The maximum Gasteiger partial charge on any atom is 0.260 e. The van der Waals surface area contributed by atoms with Crippen molar-refractivity contribution >= 4 is 21.6 Å². The highest BCUT2D eigenvalue weighted by Gasteiger charge is 2.32. The Labute approximate surface area is 113 Å². The van der Waals surface area contributed by atoms with Gasteiger partial charge >= 0.3 is 0 Å². The Morgan fingerprint density at radius 2 is 2.28 bits per heavy atom. The van der Waals surface area contributed by atoms with Crippen molar-refractivity contribution in [2.24, 2.45) is 5.92 Å². The molecule has 1 saturated heterocycles. The molecule has 0 N–H and O–H groups in total. The Bertz CT molecular complexity index is 501. The predicted molar refractivity (Wildman–Crippen MR) is 71.0 cm³/mol. The molecule has 1 aromatic heterocycles. The van der Waals surface area contributed by atoms with Crippen LogP contribution in [0.15, 0.2) is 23.4 Å². The van der Waals surface area contributed by atoms with E-state index in [9.17, 15) is 8.42 Å². The average molecular weight is 289 g/mol. The summed E-state index contributed by atoms with van der Waals surface area (Å²) in [4.78, 5) is 4.00. The van der Waals surface area contributed by atoms with E-state index in [-0.39, 0.29) is 5.03 Å². The molecular formula is C12H17ClN2O2S. The van der Waals surface area contributed by atoms with Crippen molar-refractivity contribution < 1.29 is 8.42 Å². The number of alkyl halides is 1. The maximum absolute atomic E-state index is 12.3. The van der Waals surface area contributed by atoms with Crippen molar-refractivity contribution in [3.8, 4) is 0 Å². The van der Waals surface area contributed by atoms with Crippen LogP contribution in [0.25, 0.3) is 0 Å². The van der Waals surface area contributed by atoms with Gasteiger partial charge in [-0.05, 0) is 24.0 Å². The summed E-state index contributed by atoms with van der Waals surface area (Å²) in [5.41, 5.74) is 0.823. The van der Waals surface area contributed by atoms with Crippen LogP contribution in [-0.4, -0.2) is 30.8 Å². The van der Waals surface area contributed by atoms with E-state index in [0.29, 0.717) is 24.9 Å². The summed E-state index contributed by atoms with van der Waals surface area (Å²) in [6.07, 6.45) is 3.48. The third-order valence-electron chi connectivity index (χ3n) is 3.38. The third kappa shape index (κ3) is 2.68. The first-order valence-electron chi connectivity index (χ1n) is 6.09. The fourth-order valence-electron chi connectivity index (χ4n) is 2.12. The predicted octanol–water partition coefficient (Wildman–Crippen LogP) is 2.24. The summed E-state index contributed by atoms with van der Waals surface area (Å²) >= 11 is 5.66. The zero-order valence-electron chi connectivity index (χ0n) is 10.3. The number of rotatable bonds is 4. The van der Waals surface area contributed by atoms with Crippen LogP contribution in [0.3, 0.4) is 0 Å². The van der Waals surface area contributed by atoms with Crippen LogP contribution in [0.5, 0.6) is 0 Å². The van der Waals surface area contributed by atoms with Gasteiger partial charge in [0.05, 0.1) is 0 Å². The molecule has 2 heterocycles. The first-order chi connectivity index (χ1) is 8.57. The number of hydrogen-bond acceptors (Lipinski definition) is 3. The number of pyridine rings is 1. The summed E-state index contributed by atoms with van der Waals surface area (Å²) in [6, 6.07) is 3.24. The summed E-state index contributed by atoms with van der Waals surface area (Å²) in [5.74, 6) is 0.816. The van der Waals surface area contributed by atoms with Gasteiger partial charge in [0, 0.05) is 25.2 Å². The van der Waals surface area contributed by atoms with Crippen LogP contribution in [0, 0.1) is 5.92 Å². The Kier molecular flexibility index (Phi) is 4.25. The molecule has 0 radical (unpaired) electrons. The average Bonchev–Trinajstić information content (AvgIpc) is 2.88. The Morgan fingerprint density at radius 3 is 2.78 bits per heavy atom. The largest absolute Gasteiger partial charge is 0.260 e. The van der Waals surface area contributed by atoms with Crippen LogP contribution in [-0.2, 0) is 15.9 Å². The number of aromatic nitrogens is 1. The van der Waals surface area contributed by atoms with Gasteiger partial charge in [0.25, 0.3) is 10.0 Å². The fraction of sp³-hybridized carbons (Fsp3) is 0.583. The molecule has 1 aliphatic rings. The van der Waals surface area contributed by atoms with Crippen molar-refractivity contribution in [1.29, 1.82) is 0 Å². The molecule has 0 spiro atoms. The van der Waals surface area contributed by atoms with Gasteiger partial charge in [-0.25, -0.2) is 13.4 Å². The van der Waals surface area contributed by atoms with E-state index in [1.165, 1.54) is 16.6 Å². The van der Waals surface area contributed by atoms with Crippen molar-refractivity contribution in [2.75, 3.05) is 13.1 Å². The highest BCUT2D eigenvalue weighted by Crippen LogP contribution is 2.25. The molecule has 0 amide bonds. The molecule has 0 saturated carbocycles. The van der Waals surface area contributed by atoms with Crippen molar-refractivity contribution in [2.45, 2.75) is 30.7 Å². The van der Waals surface area contributed by atoms with E-state index >= 15 is 0 Å². The zero-order chi connectivity index (χ0) is 13.2. The Balaban J connectivity index is 2.20.